The number of carbonyl (C=O) groups is 1. The van der Waals surface area contributed by atoms with Gasteiger partial charge in [0.2, 0.25) is 0 Å². The van der Waals surface area contributed by atoms with Gasteiger partial charge in [0.25, 0.3) is 0 Å². The topological polar surface area (TPSA) is 64.1 Å². The van der Waals surface area contributed by atoms with Gasteiger partial charge in [-0.1, -0.05) is 43.6 Å². The van der Waals surface area contributed by atoms with Gasteiger partial charge in [-0.05, 0) is 46.2 Å². The minimum absolute atomic E-state index is 0.0967. The third-order valence-electron chi connectivity index (χ3n) is 4.37. The monoisotopic (exact) mass is 457 g/mol. The number of anilines is 1. The first-order valence-electron chi connectivity index (χ1n) is 8.65. The van der Waals surface area contributed by atoms with Gasteiger partial charge in [0.15, 0.2) is 10.9 Å². The summed E-state index contributed by atoms with van der Waals surface area (Å²) >= 11 is 11.8. The summed E-state index contributed by atoms with van der Waals surface area (Å²) in [5.74, 6) is 1.61. The molecular weight excluding hydrogens is 438 g/mol. The van der Waals surface area contributed by atoms with Crippen molar-refractivity contribution in [3.05, 3.63) is 20.6 Å². The van der Waals surface area contributed by atoms with E-state index in [4.69, 9.17) is 21.3 Å². The molecule has 1 N–H and O–H groups in total. The van der Waals surface area contributed by atoms with Crippen LogP contribution in [0.25, 0.3) is 10.9 Å². The fourth-order valence-electron chi connectivity index (χ4n) is 3.10. The van der Waals surface area contributed by atoms with Crippen molar-refractivity contribution in [2.24, 2.45) is 0 Å². The van der Waals surface area contributed by atoms with E-state index in [1.54, 1.807) is 18.7 Å². The number of ketones is 1. The third-order valence-corrected chi connectivity index (χ3v) is 6.57. The van der Waals surface area contributed by atoms with Crippen molar-refractivity contribution in [1.82, 2.24) is 9.97 Å². The number of fused-ring (bicyclic) bond motifs is 3. The number of ether oxygens (including phenoxy) is 1. The van der Waals surface area contributed by atoms with Gasteiger partial charge in [-0.15, -0.1) is 0 Å². The van der Waals surface area contributed by atoms with Gasteiger partial charge in [0, 0.05) is 4.47 Å². The Morgan fingerprint density at radius 2 is 2.08 bits per heavy atom. The molecule has 1 aliphatic rings. The number of aromatic nitrogens is 2. The first-order valence-corrected chi connectivity index (χ1v) is 10.8. The maximum atomic E-state index is 12.1. The molecule has 0 spiro atoms. The quantitative estimate of drug-likeness (QED) is 0.445. The molecule has 26 heavy (non-hydrogen) atoms. The Kier molecular flexibility index (Phi) is 6.43. The predicted octanol–water partition coefficient (Wildman–Crippen LogP) is 5.36. The lowest BCUT2D eigenvalue weighted by Gasteiger charge is -2.19. The first kappa shape index (κ1) is 19.9. The van der Waals surface area contributed by atoms with Crippen LogP contribution in [-0.4, -0.2) is 27.5 Å². The Morgan fingerprint density at radius 1 is 1.35 bits per heavy atom. The summed E-state index contributed by atoms with van der Waals surface area (Å²) in [5.41, 5.74) is 2.75. The molecule has 1 aromatic heterocycles. The van der Waals surface area contributed by atoms with Gasteiger partial charge in [-0.3, -0.25) is 4.79 Å². The molecular formula is C18H21BrClN3O2S. The highest BCUT2D eigenvalue weighted by molar-refractivity contribution is 9.10. The Morgan fingerprint density at radius 3 is 2.73 bits per heavy atom. The van der Waals surface area contributed by atoms with Crippen LogP contribution in [0.1, 0.15) is 44.7 Å². The maximum Gasteiger partial charge on any atom is 0.190 e. The number of Topliss-reactive ketones (excluding diaryl/α,β-unsaturated/α-hetero) is 1. The van der Waals surface area contributed by atoms with Crippen LogP contribution < -0.4 is 5.32 Å². The van der Waals surface area contributed by atoms with E-state index in [9.17, 15) is 4.79 Å². The lowest BCUT2D eigenvalue weighted by molar-refractivity contribution is -0.117. The molecule has 2 heterocycles. The minimum atomic E-state index is -0.280. The van der Waals surface area contributed by atoms with Crippen LogP contribution in [0, 0.1) is 0 Å². The molecule has 0 radical (unpaired) electrons. The lowest BCUT2D eigenvalue weighted by Crippen LogP contribution is -2.28. The van der Waals surface area contributed by atoms with Crippen LogP contribution in [0.15, 0.2) is 9.63 Å². The summed E-state index contributed by atoms with van der Waals surface area (Å²) in [7, 11) is 0. The third kappa shape index (κ3) is 3.72. The fraction of sp³-hybridized carbons (Fsp3) is 0.500. The zero-order valence-electron chi connectivity index (χ0n) is 15.0. The van der Waals surface area contributed by atoms with Crippen LogP contribution in [0.2, 0.25) is 5.02 Å². The number of hydrogen-bond donors (Lipinski definition) is 1. The second-order valence-corrected chi connectivity index (χ2v) is 8.59. The Hall–Kier alpha value is -0.890. The van der Waals surface area contributed by atoms with Crippen molar-refractivity contribution in [2.45, 2.75) is 58.0 Å². The average molecular weight is 459 g/mol. The molecule has 140 valence electrons. The molecule has 1 aromatic carbocycles. The van der Waals surface area contributed by atoms with E-state index in [0.717, 1.165) is 39.6 Å². The van der Waals surface area contributed by atoms with Crippen molar-refractivity contribution in [2.75, 3.05) is 11.1 Å². The SMILES string of the molecule is CCCC(Nc1nc(SCC)nc2c(Cl)c(Br)c3c(c12)COC3)C(C)=O. The summed E-state index contributed by atoms with van der Waals surface area (Å²) in [4.78, 5) is 21.4. The average Bonchev–Trinajstić information content (AvgIpc) is 3.09. The van der Waals surface area contributed by atoms with E-state index >= 15 is 0 Å². The molecule has 0 saturated heterocycles. The number of nitrogens with one attached hydrogen (secondary N) is 1. The lowest BCUT2D eigenvalue weighted by atomic mass is 10.0. The van der Waals surface area contributed by atoms with Crippen molar-refractivity contribution in [1.29, 1.82) is 0 Å². The number of benzene rings is 1. The van der Waals surface area contributed by atoms with Gasteiger partial charge in [-0.25, -0.2) is 9.97 Å². The van der Waals surface area contributed by atoms with E-state index in [2.05, 4.69) is 40.1 Å². The molecule has 0 amide bonds. The standard InChI is InChI=1S/C18H21BrClN3O2S/c1-4-6-12(9(3)24)21-17-13-10-7-25-8-11(10)14(19)15(20)16(13)22-18(23-17)26-5-2/h12H,4-8H2,1-3H3,(H,21,22,23). The van der Waals surface area contributed by atoms with E-state index in [1.165, 1.54) is 0 Å². The fourth-order valence-corrected chi connectivity index (χ4v) is 4.46. The summed E-state index contributed by atoms with van der Waals surface area (Å²) < 4.78 is 6.47. The maximum absolute atomic E-state index is 12.1. The highest BCUT2D eigenvalue weighted by Crippen LogP contribution is 2.43. The molecule has 8 heteroatoms. The number of thioether (sulfide) groups is 1. The minimum Gasteiger partial charge on any atom is -0.372 e. The van der Waals surface area contributed by atoms with Crippen LogP contribution in [-0.2, 0) is 22.7 Å². The van der Waals surface area contributed by atoms with E-state index in [1.807, 2.05) is 0 Å². The van der Waals surface area contributed by atoms with Crippen molar-refractivity contribution < 1.29 is 9.53 Å². The smallest absolute Gasteiger partial charge is 0.190 e. The van der Waals surface area contributed by atoms with Crippen LogP contribution >= 0.6 is 39.3 Å². The normalized spacial score (nSPS) is 14.5. The first-order chi connectivity index (χ1) is 12.5. The van der Waals surface area contributed by atoms with Crippen molar-refractivity contribution >= 4 is 61.8 Å². The van der Waals surface area contributed by atoms with Gasteiger partial charge in [-0.2, -0.15) is 0 Å². The Balaban J connectivity index is 2.24. The van der Waals surface area contributed by atoms with Gasteiger partial charge in [0.1, 0.15) is 5.82 Å². The van der Waals surface area contributed by atoms with Gasteiger partial charge >= 0.3 is 0 Å². The molecule has 0 aliphatic carbocycles. The molecule has 5 nitrogen and oxygen atoms in total. The number of halogens is 2. The van der Waals surface area contributed by atoms with Crippen molar-refractivity contribution in [3.63, 3.8) is 0 Å². The molecule has 1 aliphatic heterocycles. The number of nitrogens with zero attached hydrogens (tertiary/aromatic N) is 2. The summed E-state index contributed by atoms with van der Waals surface area (Å²) in [6.07, 6.45) is 1.66. The van der Waals surface area contributed by atoms with Crippen LogP contribution in [0.3, 0.4) is 0 Å². The van der Waals surface area contributed by atoms with Gasteiger partial charge < -0.3 is 10.1 Å². The zero-order valence-corrected chi connectivity index (χ0v) is 18.1. The number of hydrogen-bond acceptors (Lipinski definition) is 6. The zero-order chi connectivity index (χ0) is 18.8. The summed E-state index contributed by atoms with van der Waals surface area (Å²) in [5, 5.41) is 5.41. The molecule has 0 bridgehead atoms. The second-order valence-electron chi connectivity index (χ2n) is 6.19. The van der Waals surface area contributed by atoms with E-state index < -0.39 is 0 Å². The second kappa shape index (κ2) is 8.42. The van der Waals surface area contributed by atoms with Gasteiger partial charge in [0.05, 0.1) is 35.2 Å². The molecule has 1 atom stereocenters. The molecule has 3 rings (SSSR count). The van der Waals surface area contributed by atoms with Crippen LogP contribution in [0.4, 0.5) is 5.82 Å². The number of carbonyl (C=O) groups excluding carboxylic acids is 1. The summed E-state index contributed by atoms with van der Waals surface area (Å²) in [6, 6.07) is -0.280. The molecule has 0 saturated carbocycles. The number of rotatable bonds is 7. The largest absolute Gasteiger partial charge is 0.372 e. The molecule has 1 unspecified atom stereocenters. The Bertz CT molecular complexity index is 862. The van der Waals surface area contributed by atoms with E-state index in [0.29, 0.717) is 34.7 Å². The predicted molar refractivity (Wildman–Crippen MR) is 110 cm³/mol. The Labute approximate surface area is 170 Å². The highest BCUT2D eigenvalue weighted by Gasteiger charge is 2.27. The molecule has 2 aromatic rings. The molecule has 0 fully saturated rings. The van der Waals surface area contributed by atoms with Crippen LogP contribution in [0.5, 0.6) is 0 Å². The summed E-state index contributed by atoms with van der Waals surface area (Å²) in [6.45, 7) is 6.71. The highest BCUT2D eigenvalue weighted by atomic mass is 79.9. The van der Waals surface area contributed by atoms with Crippen molar-refractivity contribution in [3.8, 4) is 0 Å². The van der Waals surface area contributed by atoms with E-state index in [-0.39, 0.29) is 11.8 Å².